The topological polar surface area (TPSA) is 72.4 Å². The Kier molecular flexibility index (Phi) is 6.46. The van der Waals surface area contributed by atoms with E-state index in [4.69, 9.17) is 0 Å². The average molecular weight is 374 g/mol. The van der Waals surface area contributed by atoms with Crippen molar-refractivity contribution < 1.29 is 14.5 Å². The number of carboxylic acids is 1. The van der Waals surface area contributed by atoms with Crippen molar-refractivity contribution in [2.75, 3.05) is 0 Å². The number of carbonyl (C=O) groups is 1. The molecule has 3 unspecified atom stereocenters. The SMILES string of the molecule is C=CC(c1ccc(Br)cc1)C(N[S+]([O-])C(C)(C)C)C(=O)O. The minimum absolute atomic E-state index is 0.470. The molecule has 0 fully saturated rings. The Morgan fingerprint density at radius 1 is 1.43 bits per heavy atom. The Morgan fingerprint density at radius 3 is 2.33 bits per heavy atom. The van der Waals surface area contributed by atoms with Gasteiger partial charge in [0.05, 0.1) is 0 Å². The van der Waals surface area contributed by atoms with Crippen LogP contribution in [-0.2, 0) is 16.2 Å². The summed E-state index contributed by atoms with van der Waals surface area (Å²) in [6, 6.07) is 6.34. The Balaban J connectivity index is 3.04. The number of hydrogen-bond acceptors (Lipinski definition) is 3. The van der Waals surface area contributed by atoms with Gasteiger partial charge in [0.2, 0.25) is 0 Å². The molecule has 1 aromatic rings. The van der Waals surface area contributed by atoms with Crippen molar-refractivity contribution in [3.8, 4) is 0 Å². The highest BCUT2D eigenvalue weighted by atomic mass is 79.9. The molecule has 21 heavy (non-hydrogen) atoms. The molecule has 1 aromatic carbocycles. The van der Waals surface area contributed by atoms with Gasteiger partial charge in [-0.25, -0.2) is 0 Å². The largest absolute Gasteiger partial charge is 0.598 e. The maximum absolute atomic E-state index is 12.2. The van der Waals surface area contributed by atoms with E-state index in [1.165, 1.54) is 0 Å². The van der Waals surface area contributed by atoms with Gasteiger partial charge in [0.15, 0.2) is 6.04 Å². The lowest BCUT2D eigenvalue weighted by Gasteiger charge is -2.29. The number of rotatable bonds is 6. The van der Waals surface area contributed by atoms with Gasteiger partial charge in [0.1, 0.15) is 4.75 Å². The highest BCUT2D eigenvalue weighted by Crippen LogP contribution is 2.25. The molecule has 3 atom stereocenters. The van der Waals surface area contributed by atoms with Gasteiger partial charge < -0.3 is 9.66 Å². The molecular formula is C15H20BrNO3S. The van der Waals surface area contributed by atoms with Crippen molar-refractivity contribution in [1.82, 2.24) is 4.72 Å². The summed E-state index contributed by atoms with van der Waals surface area (Å²) >= 11 is 1.87. The van der Waals surface area contributed by atoms with E-state index in [1.54, 1.807) is 26.8 Å². The van der Waals surface area contributed by atoms with E-state index in [9.17, 15) is 14.5 Å². The van der Waals surface area contributed by atoms with Gasteiger partial charge in [-0.1, -0.05) is 34.1 Å². The third-order valence-corrected chi connectivity index (χ3v) is 5.03. The van der Waals surface area contributed by atoms with E-state index in [1.807, 2.05) is 24.3 Å². The van der Waals surface area contributed by atoms with Gasteiger partial charge in [-0.3, -0.25) is 4.79 Å². The molecule has 0 aliphatic rings. The van der Waals surface area contributed by atoms with Crippen LogP contribution >= 0.6 is 15.9 Å². The number of aliphatic carboxylic acids is 1. The summed E-state index contributed by atoms with van der Waals surface area (Å²) in [5.41, 5.74) is 0.805. The number of halogens is 1. The second-order valence-electron chi connectivity index (χ2n) is 5.63. The third kappa shape index (κ3) is 5.14. The van der Waals surface area contributed by atoms with Gasteiger partial charge in [0, 0.05) is 21.8 Å². The van der Waals surface area contributed by atoms with E-state index < -0.39 is 34.0 Å². The lowest BCUT2D eigenvalue weighted by atomic mass is 9.92. The molecule has 6 heteroatoms. The normalized spacial score (nSPS) is 16.0. The maximum atomic E-state index is 12.2. The van der Waals surface area contributed by atoms with Crippen molar-refractivity contribution in [3.05, 3.63) is 47.0 Å². The van der Waals surface area contributed by atoms with Crippen LogP contribution in [0.1, 0.15) is 32.3 Å². The highest BCUT2D eigenvalue weighted by molar-refractivity contribution is 9.10. The molecule has 0 aliphatic carbocycles. The van der Waals surface area contributed by atoms with Crippen LogP contribution in [0.15, 0.2) is 41.4 Å². The number of carboxylic acid groups (broad SMARTS) is 1. The molecule has 0 heterocycles. The van der Waals surface area contributed by atoms with Crippen LogP contribution in [0.3, 0.4) is 0 Å². The van der Waals surface area contributed by atoms with Crippen LogP contribution in [0.25, 0.3) is 0 Å². The Hall–Kier alpha value is -0.820. The summed E-state index contributed by atoms with van der Waals surface area (Å²) in [5, 5.41) is 9.45. The average Bonchev–Trinajstić information content (AvgIpc) is 2.38. The van der Waals surface area contributed by atoms with Crippen molar-refractivity contribution >= 4 is 33.3 Å². The van der Waals surface area contributed by atoms with Crippen molar-refractivity contribution in [3.63, 3.8) is 0 Å². The minimum atomic E-state index is -1.48. The summed E-state index contributed by atoms with van der Waals surface area (Å²) in [6.45, 7) is 9.09. The van der Waals surface area contributed by atoms with Crippen molar-refractivity contribution in [2.45, 2.75) is 37.5 Å². The highest BCUT2D eigenvalue weighted by Gasteiger charge is 2.36. The molecule has 0 spiro atoms. The number of benzene rings is 1. The zero-order valence-corrected chi connectivity index (χ0v) is 14.7. The Labute approximate surface area is 137 Å². The van der Waals surface area contributed by atoms with Crippen LogP contribution in [0, 0.1) is 0 Å². The fourth-order valence-electron chi connectivity index (χ4n) is 1.72. The fourth-order valence-corrected chi connectivity index (χ4v) is 2.81. The molecule has 0 aliphatic heterocycles. The van der Waals surface area contributed by atoms with E-state index in [0.717, 1.165) is 10.0 Å². The first kappa shape index (κ1) is 18.2. The second-order valence-corrected chi connectivity index (χ2v) is 8.54. The second kappa shape index (κ2) is 7.45. The van der Waals surface area contributed by atoms with Crippen LogP contribution in [0.2, 0.25) is 0 Å². The molecule has 116 valence electrons. The number of hydrogen-bond donors (Lipinski definition) is 2. The molecule has 4 nitrogen and oxygen atoms in total. The quantitative estimate of drug-likeness (QED) is 0.592. The predicted octanol–water partition coefficient (Wildman–Crippen LogP) is 3.22. The van der Waals surface area contributed by atoms with E-state index in [0.29, 0.717) is 0 Å². The monoisotopic (exact) mass is 373 g/mol. The van der Waals surface area contributed by atoms with E-state index in [2.05, 4.69) is 27.2 Å². The molecule has 0 bridgehead atoms. The smallest absolute Gasteiger partial charge is 0.326 e. The van der Waals surface area contributed by atoms with Gasteiger partial charge in [0.25, 0.3) is 0 Å². The minimum Gasteiger partial charge on any atom is -0.598 e. The van der Waals surface area contributed by atoms with E-state index in [-0.39, 0.29) is 0 Å². The van der Waals surface area contributed by atoms with Crippen molar-refractivity contribution in [1.29, 1.82) is 0 Å². The van der Waals surface area contributed by atoms with Gasteiger partial charge in [-0.2, -0.15) is 0 Å². The van der Waals surface area contributed by atoms with Gasteiger partial charge >= 0.3 is 5.97 Å². The molecular weight excluding hydrogens is 354 g/mol. The Morgan fingerprint density at radius 2 is 1.95 bits per heavy atom. The standard InChI is InChI=1S/C15H20BrNO3S/c1-5-12(10-6-8-11(16)9-7-10)13(14(18)19)17-21(20)15(2,3)4/h5-9,12-13,17H,1H2,2-4H3,(H,18,19). The summed E-state index contributed by atoms with van der Waals surface area (Å²) in [4.78, 5) is 11.5. The first-order valence-electron chi connectivity index (χ1n) is 6.45. The summed E-state index contributed by atoms with van der Waals surface area (Å²) in [6.07, 6.45) is 1.56. The maximum Gasteiger partial charge on any atom is 0.326 e. The molecule has 0 aromatic heterocycles. The first-order valence-corrected chi connectivity index (χ1v) is 8.40. The van der Waals surface area contributed by atoms with Crippen LogP contribution < -0.4 is 4.72 Å². The first-order chi connectivity index (χ1) is 9.66. The van der Waals surface area contributed by atoms with Crippen molar-refractivity contribution in [2.24, 2.45) is 0 Å². The lowest BCUT2D eigenvalue weighted by Crippen LogP contribution is -2.50. The van der Waals surface area contributed by atoms with Gasteiger partial charge in [-0.15, -0.1) is 11.3 Å². The molecule has 2 N–H and O–H groups in total. The fraction of sp³-hybridized carbons (Fsp3) is 0.400. The predicted molar refractivity (Wildman–Crippen MR) is 89.5 cm³/mol. The zero-order valence-electron chi connectivity index (χ0n) is 12.3. The summed E-state index contributed by atoms with van der Waals surface area (Å²) in [7, 11) is 0. The van der Waals surface area contributed by atoms with E-state index >= 15 is 0 Å². The third-order valence-electron chi connectivity index (χ3n) is 2.92. The molecule has 0 saturated heterocycles. The van der Waals surface area contributed by atoms with Crippen LogP contribution in [0.5, 0.6) is 0 Å². The molecule has 0 amide bonds. The Bertz CT molecular complexity index is 499. The van der Waals surface area contributed by atoms with Crippen LogP contribution in [0.4, 0.5) is 0 Å². The van der Waals surface area contributed by atoms with Gasteiger partial charge in [-0.05, 0) is 38.5 Å². The number of nitrogens with one attached hydrogen (secondary N) is 1. The molecule has 1 rings (SSSR count). The summed E-state index contributed by atoms with van der Waals surface area (Å²) < 4.78 is 15.3. The lowest BCUT2D eigenvalue weighted by molar-refractivity contribution is -0.139. The van der Waals surface area contributed by atoms with Crippen LogP contribution in [-0.4, -0.2) is 26.4 Å². The molecule has 0 radical (unpaired) electrons. The summed E-state index contributed by atoms with van der Waals surface area (Å²) in [5.74, 6) is -1.53. The molecule has 0 saturated carbocycles. The zero-order chi connectivity index (χ0) is 16.2.